The predicted octanol–water partition coefficient (Wildman–Crippen LogP) is 1.32. The van der Waals surface area contributed by atoms with Crippen molar-refractivity contribution in [1.29, 1.82) is 0 Å². The maximum Gasteiger partial charge on any atom is 0.0558 e. The summed E-state index contributed by atoms with van der Waals surface area (Å²) in [7, 11) is 0. The molecule has 1 N–H and O–H groups in total. The number of nitrogens with zero attached hydrogens (tertiary/aromatic N) is 1. The van der Waals surface area contributed by atoms with Crippen LogP contribution in [0.25, 0.3) is 0 Å². The Morgan fingerprint density at radius 1 is 1.27 bits per heavy atom. The van der Waals surface area contributed by atoms with Gasteiger partial charge >= 0.3 is 0 Å². The molecule has 2 nitrogen and oxygen atoms in total. The highest BCUT2D eigenvalue weighted by Gasteiger charge is 2.00. The zero-order chi connectivity index (χ0) is 8.53. The number of unbranched alkanes of at least 4 members (excludes halogenated alkanes) is 1. The van der Waals surface area contributed by atoms with Crippen LogP contribution in [0.3, 0.4) is 0 Å². The molecule has 3 heteroatoms. The minimum atomic E-state index is 0.237. The van der Waals surface area contributed by atoms with E-state index < -0.39 is 0 Å². The highest BCUT2D eigenvalue weighted by Crippen LogP contribution is 1.94. The fourth-order valence-corrected chi connectivity index (χ4v) is 1.22. The summed E-state index contributed by atoms with van der Waals surface area (Å²) in [4.78, 5) is 2.19. The molecule has 11 heavy (non-hydrogen) atoms. The molecule has 0 amide bonds. The first-order valence-corrected chi connectivity index (χ1v) is 4.77. The van der Waals surface area contributed by atoms with Crippen LogP contribution in [-0.4, -0.2) is 42.1 Å². The molecule has 0 fully saturated rings. The van der Waals surface area contributed by atoms with Gasteiger partial charge in [0.05, 0.1) is 6.61 Å². The van der Waals surface area contributed by atoms with E-state index in [2.05, 4.69) is 11.8 Å². The average Bonchev–Trinajstić information content (AvgIpc) is 2.01. The van der Waals surface area contributed by atoms with E-state index >= 15 is 0 Å². The molecule has 0 radical (unpaired) electrons. The van der Waals surface area contributed by atoms with Gasteiger partial charge in [0.25, 0.3) is 0 Å². The van der Waals surface area contributed by atoms with Crippen LogP contribution in [0.15, 0.2) is 0 Å². The fraction of sp³-hybridized carbons (Fsp3) is 1.00. The summed E-state index contributed by atoms with van der Waals surface area (Å²) in [6, 6.07) is 0. The molecule has 0 atom stereocenters. The number of hydrogen-bond donors (Lipinski definition) is 1. The standard InChI is InChI=1S/C8H18ClNO/c1-2-3-5-10(6-4-9)7-8-11/h11H,2-8H2,1H3. The third kappa shape index (κ3) is 6.60. The summed E-state index contributed by atoms with van der Waals surface area (Å²) < 4.78 is 0. The molecule has 0 bridgehead atoms. The Bertz CT molecular complexity index is 74.5. The Labute approximate surface area is 74.2 Å². The van der Waals surface area contributed by atoms with Gasteiger partial charge in [-0.05, 0) is 13.0 Å². The molecule has 0 aromatic rings. The fourth-order valence-electron chi connectivity index (χ4n) is 0.978. The van der Waals surface area contributed by atoms with Crippen molar-refractivity contribution < 1.29 is 5.11 Å². The van der Waals surface area contributed by atoms with Gasteiger partial charge in [0.15, 0.2) is 0 Å². The van der Waals surface area contributed by atoms with Crippen molar-refractivity contribution in [3.63, 3.8) is 0 Å². The van der Waals surface area contributed by atoms with E-state index in [0.29, 0.717) is 5.88 Å². The zero-order valence-electron chi connectivity index (χ0n) is 7.22. The molecule has 0 aliphatic rings. The van der Waals surface area contributed by atoms with Crippen molar-refractivity contribution in [3.8, 4) is 0 Å². The molecule has 0 saturated heterocycles. The number of halogens is 1. The molecule has 0 aromatic carbocycles. The van der Waals surface area contributed by atoms with Crippen LogP contribution in [0.5, 0.6) is 0 Å². The van der Waals surface area contributed by atoms with E-state index in [9.17, 15) is 0 Å². The summed E-state index contributed by atoms with van der Waals surface area (Å²) in [5.74, 6) is 0.656. The number of aliphatic hydroxyl groups excluding tert-OH is 1. The van der Waals surface area contributed by atoms with Crippen LogP contribution in [-0.2, 0) is 0 Å². The lowest BCUT2D eigenvalue weighted by Gasteiger charge is -2.19. The Morgan fingerprint density at radius 2 is 2.00 bits per heavy atom. The summed E-state index contributed by atoms with van der Waals surface area (Å²) in [6.07, 6.45) is 2.39. The quantitative estimate of drug-likeness (QED) is 0.596. The van der Waals surface area contributed by atoms with Gasteiger partial charge in [0.2, 0.25) is 0 Å². The van der Waals surface area contributed by atoms with E-state index in [1.165, 1.54) is 12.8 Å². The number of aliphatic hydroxyl groups is 1. The van der Waals surface area contributed by atoms with Gasteiger partial charge in [-0.15, -0.1) is 11.6 Å². The van der Waals surface area contributed by atoms with Crippen LogP contribution in [0.1, 0.15) is 19.8 Å². The van der Waals surface area contributed by atoms with Crippen LogP contribution in [0.4, 0.5) is 0 Å². The lowest BCUT2D eigenvalue weighted by Crippen LogP contribution is -2.29. The molecular formula is C8H18ClNO. The van der Waals surface area contributed by atoms with Gasteiger partial charge < -0.3 is 5.11 Å². The maximum absolute atomic E-state index is 8.68. The van der Waals surface area contributed by atoms with Crippen LogP contribution in [0.2, 0.25) is 0 Å². The monoisotopic (exact) mass is 179 g/mol. The molecule has 0 aliphatic carbocycles. The van der Waals surface area contributed by atoms with Gasteiger partial charge in [0.1, 0.15) is 0 Å². The van der Waals surface area contributed by atoms with Crippen molar-refractivity contribution in [3.05, 3.63) is 0 Å². The molecule has 0 aromatic heterocycles. The van der Waals surface area contributed by atoms with E-state index in [-0.39, 0.29) is 6.61 Å². The largest absolute Gasteiger partial charge is 0.395 e. The number of rotatable bonds is 7. The summed E-state index contributed by atoms with van der Waals surface area (Å²) in [5.41, 5.74) is 0. The molecule has 0 spiro atoms. The number of hydrogen-bond acceptors (Lipinski definition) is 2. The molecule has 0 saturated carbocycles. The van der Waals surface area contributed by atoms with Gasteiger partial charge in [0, 0.05) is 19.0 Å². The lowest BCUT2D eigenvalue weighted by atomic mass is 10.3. The van der Waals surface area contributed by atoms with Gasteiger partial charge in [-0.2, -0.15) is 0 Å². The molecule has 0 rings (SSSR count). The Hall–Kier alpha value is 0.210. The third-order valence-electron chi connectivity index (χ3n) is 1.64. The Kier molecular flexibility index (Phi) is 8.47. The van der Waals surface area contributed by atoms with E-state index in [1.54, 1.807) is 0 Å². The van der Waals surface area contributed by atoms with E-state index in [1.807, 2.05) is 0 Å². The van der Waals surface area contributed by atoms with Crippen molar-refractivity contribution in [2.45, 2.75) is 19.8 Å². The van der Waals surface area contributed by atoms with Gasteiger partial charge in [-0.25, -0.2) is 0 Å². The lowest BCUT2D eigenvalue weighted by molar-refractivity contribution is 0.201. The summed E-state index contributed by atoms with van der Waals surface area (Å²) in [5, 5.41) is 8.68. The molecule has 0 aliphatic heterocycles. The van der Waals surface area contributed by atoms with Crippen molar-refractivity contribution in [2.75, 3.05) is 32.1 Å². The first-order valence-electron chi connectivity index (χ1n) is 4.24. The minimum absolute atomic E-state index is 0.237. The van der Waals surface area contributed by atoms with Crippen LogP contribution >= 0.6 is 11.6 Å². The average molecular weight is 180 g/mol. The predicted molar refractivity (Wildman–Crippen MR) is 49.2 cm³/mol. The highest BCUT2D eigenvalue weighted by molar-refractivity contribution is 6.18. The van der Waals surface area contributed by atoms with Crippen molar-refractivity contribution in [2.24, 2.45) is 0 Å². The second-order valence-corrected chi connectivity index (χ2v) is 2.99. The molecular weight excluding hydrogens is 162 g/mol. The Balaban J connectivity index is 3.34. The Morgan fingerprint density at radius 3 is 2.45 bits per heavy atom. The first-order chi connectivity index (χ1) is 5.35. The smallest absolute Gasteiger partial charge is 0.0558 e. The second-order valence-electron chi connectivity index (χ2n) is 2.61. The number of alkyl halides is 1. The van der Waals surface area contributed by atoms with Gasteiger partial charge in [-0.1, -0.05) is 13.3 Å². The topological polar surface area (TPSA) is 23.5 Å². The van der Waals surface area contributed by atoms with Crippen molar-refractivity contribution in [1.82, 2.24) is 4.90 Å². The van der Waals surface area contributed by atoms with Crippen LogP contribution in [0, 0.1) is 0 Å². The maximum atomic E-state index is 8.68. The summed E-state index contributed by atoms with van der Waals surface area (Å²) in [6.45, 7) is 5.11. The molecule has 0 unspecified atom stereocenters. The highest BCUT2D eigenvalue weighted by atomic mass is 35.5. The minimum Gasteiger partial charge on any atom is -0.395 e. The summed E-state index contributed by atoms with van der Waals surface area (Å²) >= 11 is 5.59. The normalized spacial score (nSPS) is 10.9. The first kappa shape index (κ1) is 11.2. The zero-order valence-corrected chi connectivity index (χ0v) is 7.98. The van der Waals surface area contributed by atoms with Crippen molar-refractivity contribution >= 4 is 11.6 Å². The van der Waals surface area contributed by atoms with Crippen LogP contribution < -0.4 is 0 Å². The third-order valence-corrected chi connectivity index (χ3v) is 1.81. The molecule has 68 valence electrons. The van der Waals surface area contributed by atoms with E-state index in [4.69, 9.17) is 16.7 Å². The van der Waals surface area contributed by atoms with Gasteiger partial charge in [-0.3, -0.25) is 4.90 Å². The van der Waals surface area contributed by atoms with E-state index in [0.717, 1.165) is 19.6 Å². The SMILES string of the molecule is CCCCN(CCO)CCCl. The second kappa shape index (κ2) is 8.31. The molecule has 0 heterocycles.